The molecule has 0 bridgehead atoms. The van der Waals surface area contributed by atoms with Gasteiger partial charge in [-0.05, 0) is 49.6 Å². The van der Waals surface area contributed by atoms with Crippen LogP contribution in [0.3, 0.4) is 0 Å². The Labute approximate surface area is 185 Å². The number of carbonyl (C=O) groups excluding carboxylic acids is 2. The summed E-state index contributed by atoms with van der Waals surface area (Å²) < 4.78 is 15.3. The summed E-state index contributed by atoms with van der Waals surface area (Å²) >= 11 is 0. The average Bonchev–Trinajstić information content (AvgIpc) is 3.16. The number of hydrogen-bond acceptors (Lipinski definition) is 3. The molecule has 0 spiro atoms. The molecule has 0 saturated carbocycles. The predicted octanol–water partition coefficient (Wildman–Crippen LogP) is 4.54. The lowest BCUT2D eigenvalue weighted by molar-refractivity contribution is -0.122. The Morgan fingerprint density at radius 3 is 2.53 bits per heavy atom. The van der Waals surface area contributed by atoms with Crippen molar-refractivity contribution >= 4 is 22.7 Å². The fraction of sp³-hybridized carbons (Fsp3) is 0.192. The third-order valence-electron chi connectivity index (χ3n) is 5.36. The minimum Gasteiger partial charge on any atom is -0.352 e. The fourth-order valence-electron chi connectivity index (χ4n) is 3.73. The topological polar surface area (TPSA) is 64.0 Å². The molecule has 1 amide bonds. The number of imidazole rings is 1. The summed E-state index contributed by atoms with van der Waals surface area (Å²) in [6.45, 7) is 1.91. The van der Waals surface area contributed by atoms with Gasteiger partial charge in [-0.15, -0.1) is 0 Å². The molecule has 1 aromatic heterocycles. The Balaban J connectivity index is 1.52. The highest BCUT2D eigenvalue weighted by molar-refractivity contribution is 6.08. The van der Waals surface area contributed by atoms with Crippen molar-refractivity contribution in [2.45, 2.75) is 32.4 Å². The number of rotatable bonds is 8. The van der Waals surface area contributed by atoms with E-state index in [1.165, 1.54) is 23.8 Å². The molecule has 6 heteroatoms. The van der Waals surface area contributed by atoms with Crippen molar-refractivity contribution in [3.05, 3.63) is 102 Å². The Bertz CT molecular complexity index is 1250. The van der Waals surface area contributed by atoms with E-state index in [4.69, 9.17) is 0 Å². The molecule has 0 aliphatic heterocycles. The number of benzene rings is 3. The van der Waals surface area contributed by atoms with Crippen LogP contribution in [0.5, 0.6) is 0 Å². The maximum absolute atomic E-state index is 13.7. The molecule has 162 valence electrons. The van der Waals surface area contributed by atoms with Gasteiger partial charge in [0.2, 0.25) is 11.7 Å². The molecule has 0 aliphatic rings. The molecule has 0 saturated heterocycles. The number of carbonyl (C=O) groups is 2. The highest BCUT2D eigenvalue weighted by Gasteiger charge is 2.21. The van der Waals surface area contributed by atoms with E-state index >= 15 is 0 Å². The van der Waals surface area contributed by atoms with Crippen LogP contribution in [0.1, 0.15) is 35.1 Å². The van der Waals surface area contributed by atoms with Crippen molar-refractivity contribution in [2.75, 3.05) is 0 Å². The fourth-order valence-corrected chi connectivity index (χ4v) is 3.73. The zero-order valence-corrected chi connectivity index (χ0v) is 17.8. The van der Waals surface area contributed by atoms with Gasteiger partial charge in [0.25, 0.3) is 0 Å². The third kappa shape index (κ3) is 4.91. The van der Waals surface area contributed by atoms with Crippen LogP contribution in [0.2, 0.25) is 0 Å². The van der Waals surface area contributed by atoms with E-state index in [2.05, 4.69) is 22.4 Å². The van der Waals surface area contributed by atoms with Crippen molar-refractivity contribution in [3.63, 3.8) is 0 Å². The maximum atomic E-state index is 13.7. The number of halogens is 1. The number of nitrogens with one attached hydrogen (secondary N) is 1. The van der Waals surface area contributed by atoms with Crippen LogP contribution in [0.15, 0.2) is 78.9 Å². The van der Waals surface area contributed by atoms with E-state index in [1.54, 1.807) is 16.7 Å². The van der Waals surface area contributed by atoms with Crippen molar-refractivity contribution in [1.82, 2.24) is 14.9 Å². The standard InChI is InChI=1S/C26H24FN3O2/c1-18(14-15-19-8-3-2-4-9-19)28-24(31)17-30-23-13-6-5-12-22(23)29-26(30)25(32)20-10-7-11-21(27)16-20/h2-13,16,18H,14-15,17H2,1H3,(H,28,31)/t18-/m1/s1. The van der Waals surface area contributed by atoms with E-state index in [-0.39, 0.29) is 29.9 Å². The summed E-state index contributed by atoms with van der Waals surface area (Å²) in [4.78, 5) is 30.3. The first kappa shape index (κ1) is 21.4. The van der Waals surface area contributed by atoms with E-state index in [0.717, 1.165) is 12.8 Å². The number of aromatic nitrogens is 2. The second kappa shape index (κ2) is 9.56. The highest BCUT2D eigenvalue weighted by atomic mass is 19.1. The SMILES string of the molecule is C[C@H](CCc1ccccc1)NC(=O)Cn1c(C(=O)c2cccc(F)c2)nc2ccccc21. The Morgan fingerprint density at radius 2 is 1.75 bits per heavy atom. The Morgan fingerprint density at radius 1 is 1.00 bits per heavy atom. The van der Waals surface area contributed by atoms with Gasteiger partial charge in [-0.3, -0.25) is 9.59 Å². The Kier molecular flexibility index (Phi) is 6.40. The van der Waals surface area contributed by atoms with Gasteiger partial charge in [0.1, 0.15) is 12.4 Å². The van der Waals surface area contributed by atoms with E-state index in [9.17, 15) is 14.0 Å². The van der Waals surface area contributed by atoms with Crippen molar-refractivity contribution in [2.24, 2.45) is 0 Å². The molecule has 1 atom stereocenters. The monoisotopic (exact) mass is 429 g/mol. The molecule has 0 fully saturated rings. The highest BCUT2D eigenvalue weighted by Crippen LogP contribution is 2.19. The van der Waals surface area contributed by atoms with Gasteiger partial charge in [0.05, 0.1) is 11.0 Å². The number of hydrogen-bond donors (Lipinski definition) is 1. The lowest BCUT2D eigenvalue weighted by atomic mass is 10.1. The number of amides is 1. The van der Waals surface area contributed by atoms with Crippen LogP contribution in [0, 0.1) is 5.82 Å². The minimum atomic E-state index is -0.497. The Hall–Kier alpha value is -3.80. The number of ketones is 1. The van der Waals surface area contributed by atoms with Crippen LogP contribution in [-0.4, -0.2) is 27.3 Å². The largest absolute Gasteiger partial charge is 0.352 e. The van der Waals surface area contributed by atoms with Crippen LogP contribution in [-0.2, 0) is 17.8 Å². The molecule has 32 heavy (non-hydrogen) atoms. The summed E-state index contributed by atoms with van der Waals surface area (Å²) in [5, 5.41) is 3.01. The number of fused-ring (bicyclic) bond motifs is 1. The molecular weight excluding hydrogens is 405 g/mol. The average molecular weight is 429 g/mol. The lowest BCUT2D eigenvalue weighted by Crippen LogP contribution is -2.36. The minimum absolute atomic E-state index is 0.0279. The first-order valence-corrected chi connectivity index (χ1v) is 10.6. The summed E-state index contributed by atoms with van der Waals surface area (Å²) in [7, 11) is 0. The van der Waals surface area contributed by atoms with Gasteiger partial charge in [-0.1, -0.05) is 54.6 Å². The van der Waals surface area contributed by atoms with Gasteiger partial charge in [-0.25, -0.2) is 9.37 Å². The van der Waals surface area contributed by atoms with Gasteiger partial charge in [-0.2, -0.15) is 0 Å². The molecule has 0 radical (unpaired) electrons. The zero-order chi connectivity index (χ0) is 22.5. The van der Waals surface area contributed by atoms with E-state index < -0.39 is 11.6 Å². The molecule has 1 heterocycles. The molecule has 5 nitrogen and oxygen atoms in total. The molecule has 1 N–H and O–H groups in total. The maximum Gasteiger partial charge on any atom is 0.240 e. The molecule has 0 unspecified atom stereocenters. The summed E-state index contributed by atoms with van der Waals surface area (Å²) in [5.41, 5.74) is 2.70. The summed E-state index contributed by atoms with van der Waals surface area (Å²) in [5.74, 6) is -1.01. The summed E-state index contributed by atoms with van der Waals surface area (Å²) in [6, 6.07) is 22.8. The lowest BCUT2D eigenvalue weighted by Gasteiger charge is -2.15. The first-order chi connectivity index (χ1) is 15.5. The number of para-hydroxylation sites is 2. The molecule has 3 aromatic carbocycles. The van der Waals surface area contributed by atoms with Gasteiger partial charge < -0.3 is 9.88 Å². The van der Waals surface area contributed by atoms with Crippen LogP contribution >= 0.6 is 0 Å². The molecule has 4 aromatic rings. The number of aryl methyl sites for hydroxylation is 1. The predicted molar refractivity (Wildman–Crippen MR) is 122 cm³/mol. The number of nitrogens with zero attached hydrogens (tertiary/aromatic N) is 2. The van der Waals surface area contributed by atoms with E-state index in [0.29, 0.717) is 11.0 Å². The van der Waals surface area contributed by atoms with Crippen molar-refractivity contribution < 1.29 is 14.0 Å². The van der Waals surface area contributed by atoms with Crippen LogP contribution in [0.4, 0.5) is 4.39 Å². The first-order valence-electron chi connectivity index (χ1n) is 10.6. The third-order valence-corrected chi connectivity index (χ3v) is 5.36. The van der Waals surface area contributed by atoms with Gasteiger partial charge in [0.15, 0.2) is 5.82 Å². The van der Waals surface area contributed by atoms with Crippen molar-refractivity contribution in [3.8, 4) is 0 Å². The van der Waals surface area contributed by atoms with E-state index in [1.807, 2.05) is 43.3 Å². The smallest absolute Gasteiger partial charge is 0.240 e. The molecule has 0 aliphatic carbocycles. The molecular formula is C26H24FN3O2. The van der Waals surface area contributed by atoms with Crippen LogP contribution < -0.4 is 5.32 Å². The quantitative estimate of drug-likeness (QED) is 0.418. The van der Waals surface area contributed by atoms with Gasteiger partial charge in [0, 0.05) is 11.6 Å². The van der Waals surface area contributed by atoms with Crippen LogP contribution in [0.25, 0.3) is 11.0 Å². The zero-order valence-electron chi connectivity index (χ0n) is 17.8. The second-order valence-corrected chi connectivity index (χ2v) is 7.84. The normalized spacial score (nSPS) is 11.9. The van der Waals surface area contributed by atoms with Crippen molar-refractivity contribution in [1.29, 1.82) is 0 Å². The van der Waals surface area contributed by atoms with Gasteiger partial charge >= 0.3 is 0 Å². The molecule has 4 rings (SSSR count). The second-order valence-electron chi connectivity index (χ2n) is 7.84. The summed E-state index contributed by atoms with van der Waals surface area (Å²) in [6.07, 6.45) is 1.66.